The lowest BCUT2D eigenvalue weighted by Crippen LogP contribution is -2.42. The van der Waals surface area contributed by atoms with Crippen LogP contribution in [-0.4, -0.2) is 44.1 Å². The molecule has 3 rings (SSSR count). The third kappa shape index (κ3) is 7.79. The second-order valence-corrected chi connectivity index (χ2v) is 8.18. The summed E-state index contributed by atoms with van der Waals surface area (Å²) >= 11 is 1.86. The molecule has 0 aliphatic carbocycles. The molecule has 0 amide bonds. The minimum Gasteiger partial charge on any atom is -0.494 e. The fourth-order valence-corrected chi connectivity index (χ4v) is 4.30. The molecule has 1 aliphatic heterocycles. The van der Waals surface area contributed by atoms with Crippen molar-refractivity contribution in [2.45, 2.75) is 32.9 Å². The third-order valence-corrected chi connectivity index (χ3v) is 6.03. The Bertz CT molecular complexity index is 730. The maximum Gasteiger partial charge on any atom is 0.191 e. The van der Waals surface area contributed by atoms with Gasteiger partial charge in [-0.2, -0.15) is 0 Å². The fraction of sp³-hybridized carbons (Fsp3) is 0.500. The van der Waals surface area contributed by atoms with Crippen molar-refractivity contribution < 1.29 is 4.74 Å². The van der Waals surface area contributed by atoms with E-state index in [1.807, 2.05) is 43.5 Å². The maximum atomic E-state index is 5.70. The van der Waals surface area contributed by atoms with E-state index in [1.165, 1.54) is 30.8 Å². The van der Waals surface area contributed by atoms with Crippen LogP contribution in [0.4, 0.5) is 0 Å². The van der Waals surface area contributed by atoms with E-state index in [0.717, 1.165) is 30.4 Å². The number of benzene rings is 1. The predicted octanol–water partition coefficient (Wildman–Crippen LogP) is 4.34. The molecule has 2 N–H and O–H groups in total. The van der Waals surface area contributed by atoms with Gasteiger partial charge in [-0.15, -0.1) is 35.3 Å². The van der Waals surface area contributed by atoms with Crippen molar-refractivity contribution in [1.82, 2.24) is 15.5 Å². The van der Waals surface area contributed by atoms with Gasteiger partial charge in [0.05, 0.1) is 6.61 Å². The van der Waals surface area contributed by atoms with Gasteiger partial charge >= 0.3 is 0 Å². The molecule has 7 heteroatoms. The number of hydrogen-bond acceptors (Lipinski definition) is 4. The summed E-state index contributed by atoms with van der Waals surface area (Å²) in [6.45, 7) is 7.82. The lowest BCUT2D eigenvalue weighted by atomic mass is 9.97. The van der Waals surface area contributed by atoms with E-state index in [2.05, 4.69) is 44.1 Å². The second-order valence-electron chi connectivity index (χ2n) is 7.15. The molecule has 0 spiro atoms. The van der Waals surface area contributed by atoms with Crippen molar-refractivity contribution in [2.75, 3.05) is 33.3 Å². The lowest BCUT2D eigenvalue weighted by molar-refractivity contribution is 0.179. The number of piperidine rings is 1. The van der Waals surface area contributed by atoms with Crippen LogP contribution in [0.3, 0.4) is 0 Å². The largest absolute Gasteiger partial charge is 0.494 e. The second kappa shape index (κ2) is 13.1. The SMILES string of the molecule is CCOc1ccccc1CNC(=NC)NCC1CCN(Cc2cccs2)CC1.I. The highest BCUT2D eigenvalue weighted by molar-refractivity contribution is 14.0. The molecular weight excluding hydrogens is 495 g/mol. The molecule has 0 saturated carbocycles. The van der Waals surface area contributed by atoms with Gasteiger partial charge in [-0.3, -0.25) is 9.89 Å². The Morgan fingerprint density at radius 3 is 2.66 bits per heavy atom. The Labute approximate surface area is 196 Å². The van der Waals surface area contributed by atoms with E-state index in [0.29, 0.717) is 19.1 Å². The third-order valence-electron chi connectivity index (χ3n) is 5.17. The number of rotatable bonds is 8. The van der Waals surface area contributed by atoms with E-state index < -0.39 is 0 Å². The zero-order valence-electron chi connectivity index (χ0n) is 17.4. The molecule has 29 heavy (non-hydrogen) atoms. The molecule has 2 aromatic rings. The van der Waals surface area contributed by atoms with Crippen LogP contribution in [-0.2, 0) is 13.1 Å². The first-order valence-corrected chi connectivity index (χ1v) is 11.1. The Morgan fingerprint density at radius 2 is 1.97 bits per heavy atom. The van der Waals surface area contributed by atoms with Gasteiger partial charge in [-0.05, 0) is 56.3 Å². The fourth-order valence-electron chi connectivity index (χ4n) is 3.56. The van der Waals surface area contributed by atoms with Gasteiger partial charge in [0, 0.05) is 37.1 Å². The Morgan fingerprint density at radius 1 is 1.17 bits per heavy atom. The number of ether oxygens (including phenoxy) is 1. The van der Waals surface area contributed by atoms with Crippen molar-refractivity contribution in [3.05, 3.63) is 52.2 Å². The van der Waals surface area contributed by atoms with Crippen LogP contribution >= 0.6 is 35.3 Å². The first-order valence-electron chi connectivity index (χ1n) is 10.2. The summed E-state index contributed by atoms with van der Waals surface area (Å²) in [7, 11) is 1.83. The van der Waals surface area contributed by atoms with Gasteiger partial charge < -0.3 is 15.4 Å². The number of aliphatic imine (C=N–C) groups is 1. The first-order chi connectivity index (χ1) is 13.8. The van der Waals surface area contributed by atoms with Gasteiger partial charge in [0.25, 0.3) is 0 Å². The lowest BCUT2D eigenvalue weighted by Gasteiger charge is -2.32. The summed E-state index contributed by atoms with van der Waals surface area (Å²) in [5.74, 6) is 2.49. The summed E-state index contributed by atoms with van der Waals surface area (Å²) in [5.41, 5.74) is 1.15. The summed E-state index contributed by atoms with van der Waals surface area (Å²) in [6.07, 6.45) is 2.48. The van der Waals surface area contributed by atoms with Crippen LogP contribution in [0.5, 0.6) is 5.75 Å². The zero-order chi connectivity index (χ0) is 19.6. The minimum absolute atomic E-state index is 0. The summed E-state index contributed by atoms with van der Waals surface area (Å²) in [6, 6.07) is 12.5. The van der Waals surface area contributed by atoms with Crippen LogP contribution in [0.25, 0.3) is 0 Å². The smallest absolute Gasteiger partial charge is 0.191 e. The van der Waals surface area contributed by atoms with Crippen LogP contribution < -0.4 is 15.4 Å². The monoisotopic (exact) mass is 528 g/mol. The van der Waals surface area contributed by atoms with E-state index in [9.17, 15) is 0 Å². The predicted molar refractivity (Wildman–Crippen MR) is 134 cm³/mol. The van der Waals surface area contributed by atoms with Crippen LogP contribution in [0.1, 0.15) is 30.2 Å². The van der Waals surface area contributed by atoms with Crippen molar-refractivity contribution in [3.63, 3.8) is 0 Å². The van der Waals surface area contributed by atoms with Crippen LogP contribution in [0, 0.1) is 5.92 Å². The summed E-state index contributed by atoms with van der Waals surface area (Å²) in [4.78, 5) is 8.41. The number of likely N-dealkylation sites (tertiary alicyclic amines) is 1. The molecule has 0 unspecified atom stereocenters. The molecule has 5 nitrogen and oxygen atoms in total. The molecule has 0 bridgehead atoms. The molecule has 160 valence electrons. The van der Waals surface area contributed by atoms with Crippen LogP contribution in [0.2, 0.25) is 0 Å². The molecule has 1 fully saturated rings. The highest BCUT2D eigenvalue weighted by atomic mass is 127. The quantitative estimate of drug-likeness (QED) is 0.304. The van der Waals surface area contributed by atoms with Crippen molar-refractivity contribution in [1.29, 1.82) is 0 Å². The van der Waals surface area contributed by atoms with E-state index in [-0.39, 0.29) is 24.0 Å². The van der Waals surface area contributed by atoms with E-state index >= 15 is 0 Å². The molecule has 1 aromatic carbocycles. The minimum atomic E-state index is 0. The molecular formula is C22H33IN4OS. The van der Waals surface area contributed by atoms with Gasteiger partial charge in [0.15, 0.2) is 5.96 Å². The summed E-state index contributed by atoms with van der Waals surface area (Å²) < 4.78 is 5.70. The van der Waals surface area contributed by atoms with Crippen molar-refractivity contribution in [2.24, 2.45) is 10.9 Å². The number of guanidine groups is 1. The van der Waals surface area contributed by atoms with Gasteiger partial charge in [0.2, 0.25) is 0 Å². The maximum absolute atomic E-state index is 5.70. The number of thiophene rings is 1. The number of halogens is 1. The van der Waals surface area contributed by atoms with Crippen molar-refractivity contribution >= 4 is 41.3 Å². The standard InChI is InChI=1S/C22H32N4OS.HI/c1-3-27-21-9-5-4-7-19(21)16-25-22(23-2)24-15-18-10-12-26(13-11-18)17-20-8-6-14-28-20;/h4-9,14,18H,3,10-13,15-17H2,1-2H3,(H2,23,24,25);1H. The Hall–Kier alpha value is -1.32. The molecule has 0 atom stereocenters. The van der Waals surface area contributed by atoms with Crippen molar-refractivity contribution in [3.8, 4) is 5.75 Å². The zero-order valence-corrected chi connectivity index (χ0v) is 20.5. The highest BCUT2D eigenvalue weighted by Gasteiger charge is 2.19. The topological polar surface area (TPSA) is 48.9 Å². The number of nitrogens with zero attached hydrogens (tertiary/aromatic N) is 2. The average Bonchev–Trinajstić information content (AvgIpc) is 3.23. The van der Waals surface area contributed by atoms with E-state index in [4.69, 9.17) is 4.74 Å². The summed E-state index contributed by atoms with van der Waals surface area (Å²) in [5, 5.41) is 9.08. The molecule has 1 aromatic heterocycles. The number of hydrogen-bond donors (Lipinski definition) is 2. The molecule has 1 saturated heterocycles. The number of para-hydroxylation sites is 1. The van der Waals surface area contributed by atoms with Gasteiger partial charge in [-0.1, -0.05) is 24.3 Å². The van der Waals surface area contributed by atoms with Gasteiger partial charge in [0.1, 0.15) is 5.75 Å². The highest BCUT2D eigenvalue weighted by Crippen LogP contribution is 2.20. The van der Waals surface area contributed by atoms with Gasteiger partial charge in [-0.25, -0.2) is 0 Å². The Kier molecular flexibility index (Phi) is 10.8. The first kappa shape index (κ1) is 24.0. The Balaban J connectivity index is 0.00000300. The molecule has 1 aliphatic rings. The van der Waals surface area contributed by atoms with E-state index in [1.54, 1.807) is 0 Å². The number of nitrogens with one attached hydrogen (secondary N) is 2. The van der Waals surface area contributed by atoms with Crippen LogP contribution in [0.15, 0.2) is 46.8 Å². The molecule has 0 radical (unpaired) electrons. The molecule has 2 heterocycles. The normalized spacial score (nSPS) is 15.6. The average molecular weight is 529 g/mol.